The average Bonchev–Trinajstić information content (AvgIpc) is 2.63. The molecule has 4 rings (SSSR count). The summed E-state index contributed by atoms with van der Waals surface area (Å²) < 4.78 is 11.6. The van der Waals surface area contributed by atoms with E-state index in [9.17, 15) is 4.79 Å². The molecule has 4 heteroatoms. The highest BCUT2D eigenvalue weighted by atomic mass is 16.5. The molecule has 0 spiro atoms. The molecule has 0 aliphatic carbocycles. The monoisotopic (exact) mass is 321 g/mol. The van der Waals surface area contributed by atoms with Crippen LogP contribution in [0.5, 0.6) is 0 Å². The second-order valence-electron chi connectivity index (χ2n) is 6.10. The Labute approximate surface area is 140 Å². The molecule has 2 heterocycles. The van der Waals surface area contributed by atoms with Gasteiger partial charge in [-0.05, 0) is 30.2 Å². The van der Waals surface area contributed by atoms with Gasteiger partial charge in [0.1, 0.15) is 5.58 Å². The Hall–Kier alpha value is -2.59. The van der Waals surface area contributed by atoms with E-state index < -0.39 is 0 Å². The van der Waals surface area contributed by atoms with Gasteiger partial charge in [0.25, 0.3) is 0 Å². The Kier molecular flexibility index (Phi) is 3.82. The Balaban J connectivity index is 1.95. The second kappa shape index (κ2) is 6.13. The minimum atomic E-state index is -0.00128. The fourth-order valence-electron chi connectivity index (χ4n) is 3.16. The standard InChI is InChI=1S/C20H19NO3/c1-14-11-16(15-5-3-2-4-6-15)20-17(12-14)18(22)13-19(24-20)21-7-9-23-10-8-21/h2-6,11-13H,7-10H2,1H3. The zero-order chi connectivity index (χ0) is 16.5. The van der Waals surface area contributed by atoms with Gasteiger partial charge >= 0.3 is 0 Å². The number of hydrogen-bond donors (Lipinski definition) is 0. The molecule has 0 atom stereocenters. The van der Waals surface area contributed by atoms with Crippen molar-refractivity contribution in [3.8, 4) is 11.1 Å². The minimum absolute atomic E-state index is 0.00128. The highest BCUT2D eigenvalue weighted by Gasteiger charge is 2.17. The van der Waals surface area contributed by atoms with Gasteiger partial charge in [0.2, 0.25) is 0 Å². The van der Waals surface area contributed by atoms with Crippen LogP contribution in [0.25, 0.3) is 22.1 Å². The van der Waals surface area contributed by atoms with Crippen molar-refractivity contribution in [2.45, 2.75) is 6.92 Å². The molecule has 0 bridgehead atoms. The van der Waals surface area contributed by atoms with Crippen molar-refractivity contribution < 1.29 is 9.15 Å². The van der Waals surface area contributed by atoms with Crippen LogP contribution >= 0.6 is 0 Å². The lowest BCUT2D eigenvalue weighted by Crippen LogP contribution is -2.36. The zero-order valence-electron chi connectivity index (χ0n) is 13.6. The van der Waals surface area contributed by atoms with Gasteiger partial charge in [0, 0.05) is 24.7 Å². The molecule has 0 amide bonds. The van der Waals surface area contributed by atoms with E-state index in [1.807, 2.05) is 43.3 Å². The summed E-state index contributed by atoms with van der Waals surface area (Å²) in [5.74, 6) is 0.622. The van der Waals surface area contributed by atoms with Crippen molar-refractivity contribution >= 4 is 16.9 Å². The molecule has 1 fully saturated rings. The van der Waals surface area contributed by atoms with Gasteiger partial charge < -0.3 is 14.1 Å². The van der Waals surface area contributed by atoms with Crippen LogP contribution < -0.4 is 10.3 Å². The lowest BCUT2D eigenvalue weighted by atomic mass is 10.00. The first kappa shape index (κ1) is 15.0. The topological polar surface area (TPSA) is 42.7 Å². The summed E-state index contributed by atoms with van der Waals surface area (Å²) in [6.07, 6.45) is 0. The first-order chi connectivity index (χ1) is 11.7. The summed E-state index contributed by atoms with van der Waals surface area (Å²) in [7, 11) is 0. The summed E-state index contributed by atoms with van der Waals surface area (Å²) >= 11 is 0. The maximum absolute atomic E-state index is 12.7. The van der Waals surface area contributed by atoms with Crippen molar-refractivity contribution in [3.63, 3.8) is 0 Å². The van der Waals surface area contributed by atoms with Crippen LogP contribution in [0.3, 0.4) is 0 Å². The SMILES string of the molecule is Cc1cc(-c2ccccc2)c2oc(N3CCOCC3)cc(=O)c2c1. The molecule has 1 aromatic heterocycles. The maximum atomic E-state index is 12.7. The van der Waals surface area contributed by atoms with Crippen molar-refractivity contribution in [3.05, 3.63) is 64.3 Å². The van der Waals surface area contributed by atoms with Gasteiger partial charge in [0.15, 0.2) is 11.3 Å². The molecule has 0 unspecified atom stereocenters. The highest BCUT2D eigenvalue weighted by Crippen LogP contribution is 2.31. The largest absolute Gasteiger partial charge is 0.440 e. The summed E-state index contributed by atoms with van der Waals surface area (Å²) in [4.78, 5) is 14.7. The van der Waals surface area contributed by atoms with Crippen molar-refractivity contribution in [1.82, 2.24) is 0 Å². The normalized spacial score (nSPS) is 15.0. The predicted octanol–water partition coefficient (Wildman–Crippen LogP) is 3.61. The lowest BCUT2D eigenvalue weighted by Gasteiger charge is -2.27. The molecule has 0 radical (unpaired) electrons. The molecule has 3 aromatic rings. The highest BCUT2D eigenvalue weighted by molar-refractivity contribution is 5.93. The van der Waals surface area contributed by atoms with E-state index in [0.717, 1.165) is 29.8 Å². The molecule has 122 valence electrons. The molecular formula is C20H19NO3. The summed E-state index contributed by atoms with van der Waals surface area (Å²) in [6, 6.07) is 15.6. The average molecular weight is 321 g/mol. The Morgan fingerprint density at radius 1 is 1.00 bits per heavy atom. The number of nitrogens with zero attached hydrogens (tertiary/aromatic N) is 1. The number of ether oxygens (including phenoxy) is 1. The van der Waals surface area contributed by atoms with Gasteiger partial charge in [-0.1, -0.05) is 30.3 Å². The zero-order valence-corrected chi connectivity index (χ0v) is 13.6. The first-order valence-electron chi connectivity index (χ1n) is 8.19. The third-order valence-electron chi connectivity index (χ3n) is 4.37. The van der Waals surface area contributed by atoms with Gasteiger partial charge in [-0.15, -0.1) is 0 Å². The molecule has 0 N–H and O–H groups in total. The van der Waals surface area contributed by atoms with Crippen LogP contribution in [-0.4, -0.2) is 26.3 Å². The number of benzene rings is 2. The fourth-order valence-corrected chi connectivity index (χ4v) is 3.16. The van der Waals surface area contributed by atoms with E-state index in [1.165, 1.54) is 0 Å². The number of fused-ring (bicyclic) bond motifs is 1. The van der Waals surface area contributed by atoms with Gasteiger partial charge in [0.05, 0.1) is 18.6 Å². The first-order valence-corrected chi connectivity index (χ1v) is 8.19. The van der Waals surface area contributed by atoms with Crippen LogP contribution in [0.2, 0.25) is 0 Å². The summed E-state index contributed by atoms with van der Waals surface area (Å²) in [5, 5.41) is 0.630. The van der Waals surface area contributed by atoms with E-state index in [1.54, 1.807) is 6.07 Å². The smallest absolute Gasteiger partial charge is 0.200 e. The minimum Gasteiger partial charge on any atom is -0.440 e. The number of aryl methyl sites for hydroxylation is 1. The Morgan fingerprint density at radius 2 is 1.75 bits per heavy atom. The molecule has 4 nitrogen and oxygen atoms in total. The predicted molar refractivity (Wildman–Crippen MR) is 95.7 cm³/mol. The van der Waals surface area contributed by atoms with Crippen LogP contribution in [-0.2, 0) is 4.74 Å². The molecular weight excluding hydrogens is 302 g/mol. The van der Waals surface area contributed by atoms with Crippen LogP contribution in [0.15, 0.2) is 57.7 Å². The molecule has 1 aliphatic rings. The van der Waals surface area contributed by atoms with E-state index in [-0.39, 0.29) is 5.43 Å². The quantitative estimate of drug-likeness (QED) is 0.723. The number of rotatable bonds is 2. The molecule has 24 heavy (non-hydrogen) atoms. The van der Waals surface area contributed by atoms with Crippen LogP contribution in [0.1, 0.15) is 5.56 Å². The fraction of sp³-hybridized carbons (Fsp3) is 0.250. The third kappa shape index (κ3) is 2.69. The van der Waals surface area contributed by atoms with Crippen LogP contribution in [0, 0.1) is 6.92 Å². The van der Waals surface area contributed by atoms with Crippen LogP contribution in [0.4, 0.5) is 5.88 Å². The number of anilines is 1. The van der Waals surface area contributed by atoms with Crippen molar-refractivity contribution in [2.24, 2.45) is 0 Å². The van der Waals surface area contributed by atoms with E-state index in [2.05, 4.69) is 11.0 Å². The lowest BCUT2D eigenvalue weighted by molar-refractivity contribution is 0.121. The third-order valence-corrected chi connectivity index (χ3v) is 4.37. The van der Waals surface area contributed by atoms with Crippen molar-refractivity contribution in [1.29, 1.82) is 0 Å². The molecule has 2 aromatic carbocycles. The van der Waals surface area contributed by atoms with Gasteiger partial charge in [-0.3, -0.25) is 4.79 Å². The summed E-state index contributed by atoms with van der Waals surface area (Å²) in [6.45, 7) is 4.78. The number of hydrogen-bond acceptors (Lipinski definition) is 4. The van der Waals surface area contributed by atoms with Gasteiger partial charge in [-0.25, -0.2) is 0 Å². The van der Waals surface area contributed by atoms with E-state index in [0.29, 0.717) is 30.1 Å². The van der Waals surface area contributed by atoms with E-state index >= 15 is 0 Å². The number of morpholine rings is 1. The maximum Gasteiger partial charge on any atom is 0.200 e. The molecule has 1 aliphatic heterocycles. The summed E-state index contributed by atoms with van der Waals surface area (Å²) in [5.41, 5.74) is 3.71. The van der Waals surface area contributed by atoms with Crippen molar-refractivity contribution in [2.75, 3.05) is 31.2 Å². The molecule has 1 saturated heterocycles. The Morgan fingerprint density at radius 3 is 2.50 bits per heavy atom. The molecule has 0 saturated carbocycles. The van der Waals surface area contributed by atoms with Gasteiger partial charge in [-0.2, -0.15) is 0 Å². The van der Waals surface area contributed by atoms with E-state index in [4.69, 9.17) is 9.15 Å². The second-order valence-corrected chi connectivity index (χ2v) is 6.10. The Bertz CT molecular complexity index is 925.